The second kappa shape index (κ2) is 8.89. The predicted octanol–water partition coefficient (Wildman–Crippen LogP) is 2.44. The minimum atomic E-state index is 0.0915. The van der Waals surface area contributed by atoms with Crippen molar-refractivity contribution in [1.82, 2.24) is 0 Å². The molecule has 0 rings (SSSR count). The molecule has 0 aromatic carbocycles. The van der Waals surface area contributed by atoms with Crippen molar-refractivity contribution >= 4 is 0 Å². The lowest BCUT2D eigenvalue weighted by Gasteiger charge is -2.48. The van der Waals surface area contributed by atoms with Gasteiger partial charge in [0.15, 0.2) is 0 Å². The van der Waals surface area contributed by atoms with Gasteiger partial charge in [-0.2, -0.15) is 0 Å². The Morgan fingerprint density at radius 3 is 1.17 bits per heavy atom. The number of aliphatic hydroxyl groups excluding tert-OH is 3. The fraction of sp³-hybridized carbons (Fsp3) is 1.00. The number of rotatable bonds is 10. The van der Waals surface area contributed by atoms with Crippen LogP contribution in [-0.2, 0) is 0 Å². The highest BCUT2D eigenvalue weighted by molar-refractivity contribution is 4.91. The molecule has 3 heteroatoms. The van der Waals surface area contributed by atoms with E-state index in [2.05, 4.69) is 27.7 Å². The highest BCUT2D eigenvalue weighted by Crippen LogP contribution is 2.49. The van der Waals surface area contributed by atoms with E-state index in [0.717, 1.165) is 25.7 Å². The average Bonchev–Trinajstić information content (AvgIpc) is 2.31. The molecule has 3 nitrogen and oxygen atoms in total. The van der Waals surface area contributed by atoms with Crippen LogP contribution in [0.25, 0.3) is 0 Å². The van der Waals surface area contributed by atoms with Crippen LogP contribution in [0.5, 0.6) is 0 Å². The average molecular weight is 260 g/mol. The van der Waals surface area contributed by atoms with Crippen molar-refractivity contribution in [3.63, 3.8) is 0 Å². The van der Waals surface area contributed by atoms with Gasteiger partial charge in [0, 0.05) is 19.8 Å². The zero-order valence-electron chi connectivity index (χ0n) is 12.5. The minimum absolute atomic E-state index is 0.0915. The first-order chi connectivity index (χ1) is 8.50. The van der Waals surface area contributed by atoms with Crippen molar-refractivity contribution in [2.24, 2.45) is 23.2 Å². The molecule has 0 saturated carbocycles. The van der Waals surface area contributed by atoms with Gasteiger partial charge in [-0.05, 0) is 48.9 Å². The molecule has 3 N–H and O–H groups in total. The van der Waals surface area contributed by atoms with Crippen molar-refractivity contribution in [1.29, 1.82) is 0 Å². The van der Waals surface area contributed by atoms with E-state index in [9.17, 15) is 15.3 Å². The summed E-state index contributed by atoms with van der Waals surface area (Å²) in [5, 5.41) is 27.7. The van der Waals surface area contributed by atoms with Gasteiger partial charge in [0.05, 0.1) is 0 Å². The Bertz CT molecular complexity index is 175. The largest absolute Gasteiger partial charge is 0.396 e. The molecular weight excluding hydrogens is 228 g/mol. The van der Waals surface area contributed by atoms with Crippen LogP contribution in [0, 0.1) is 23.2 Å². The summed E-state index contributed by atoms with van der Waals surface area (Å²) in [7, 11) is 0. The first kappa shape index (κ1) is 17.9. The molecule has 0 aliphatic rings. The summed E-state index contributed by atoms with van der Waals surface area (Å²) in [5.74, 6) is 1.20. The van der Waals surface area contributed by atoms with Crippen LogP contribution in [-0.4, -0.2) is 35.1 Å². The van der Waals surface area contributed by atoms with Gasteiger partial charge in [-0.25, -0.2) is 0 Å². The molecule has 0 aromatic heterocycles. The number of aliphatic hydroxyl groups is 3. The van der Waals surface area contributed by atoms with Crippen LogP contribution in [0.2, 0.25) is 0 Å². The molecule has 0 aliphatic heterocycles. The molecule has 0 saturated heterocycles. The van der Waals surface area contributed by atoms with E-state index < -0.39 is 0 Å². The van der Waals surface area contributed by atoms with E-state index in [4.69, 9.17) is 0 Å². The topological polar surface area (TPSA) is 60.7 Å². The quantitative estimate of drug-likeness (QED) is 0.565. The molecule has 0 radical (unpaired) electrons. The van der Waals surface area contributed by atoms with Gasteiger partial charge < -0.3 is 15.3 Å². The van der Waals surface area contributed by atoms with Crippen LogP contribution < -0.4 is 0 Å². The Morgan fingerprint density at radius 2 is 1.00 bits per heavy atom. The van der Waals surface area contributed by atoms with E-state index in [1.807, 2.05) is 0 Å². The summed E-state index contributed by atoms with van der Waals surface area (Å²) >= 11 is 0. The predicted molar refractivity (Wildman–Crippen MR) is 75.3 cm³/mol. The molecule has 0 fully saturated rings. The van der Waals surface area contributed by atoms with Gasteiger partial charge >= 0.3 is 0 Å². The van der Waals surface area contributed by atoms with Gasteiger partial charge in [-0.15, -0.1) is 0 Å². The van der Waals surface area contributed by atoms with Crippen LogP contribution in [0.3, 0.4) is 0 Å². The molecule has 110 valence electrons. The van der Waals surface area contributed by atoms with Crippen molar-refractivity contribution in [3.8, 4) is 0 Å². The van der Waals surface area contributed by atoms with Gasteiger partial charge in [-0.3, -0.25) is 0 Å². The first-order valence-electron chi connectivity index (χ1n) is 7.33. The molecule has 0 aliphatic carbocycles. The van der Waals surface area contributed by atoms with Crippen molar-refractivity contribution in [3.05, 3.63) is 0 Å². The summed E-state index contributed by atoms with van der Waals surface area (Å²) in [4.78, 5) is 0. The number of hydrogen-bond donors (Lipinski definition) is 3. The maximum atomic E-state index is 9.22. The monoisotopic (exact) mass is 260 g/mol. The Hall–Kier alpha value is -0.120. The van der Waals surface area contributed by atoms with Gasteiger partial charge in [0.2, 0.25) is 0 Å². The summed E-state index contributed by atoms with van der Waals surface area (Å²) in [6.07, 6.45) is 3.40. The minimum Gasteiger partial charge on any atom is -0.396 e. The highest BCUT2D eigenvalue weighted by Gasteiger charge is 2.42. The highest BCUT2D eigenvalue weighted by atomic mass is 16.3. The van der Waals surface area contributed by atoms with E-state index in [1.54, 1.807) is 0 Å². The lowest BCUT2D eigenvalue weighted by Crippen LogP contribution is -2.42. The normalized spacial score (nSPS) is 20.2. The van der Waals surface area contributed by atoms with E-state index in [0.29, 0.717) is 17.8 Å². The van der Waals surface area contributed by atoms with E-state index >= 15 is 0 Å². The third kappa shape index (κ3) is 3.94. The summed E-state index contributed by atoms with van der Waals surface area (Å²) < 4.78 is 0. The van der Waals surface area contributed by atoms with Crippen molar-refractivity contribution in [2.75, 3.05) is 19.8 Å². The second-order valence-electron chi connectivity index (χ2n) is 5.71. The molecule has 3 unspecified atom stereocenters. The zero-order valence-corrected chi connectivity index (χ0v) is 12.5. The van der Waals surface area contributed by atoms with E-state index in [-0.39, 0.29) is 25.2 Å². The van der Waals surface area contributed by atoms with Crippen LogP contribution >= 0.6 is 0 Å². The standard InChI is InChI=1S/C15H32O3/c1-5-15(12(2)6-9-16,13(3)7-10-17)14(4)8-11-18/h12-14,16-18H,5-11H2,1-4H3. The Kier molecular flexibility index (Phi) is 8.83. The van der Waals surface area contributed by atoms with E-state index in [1.165, 1.54) is 0 Å². The summed E-state index contributed by atoms with van der Waals surface area (Å²) in [6.45, 7) is 9.40. The Morgan fingerprint density at radius 1 is 0.722 bits per heavy atom. The Labute approximate surface area is 112 Å². The fourth-order valence-corrected chi connectivity index (χ4v) is 3.89. The first-order valence-corrected chi connectivity index (χ1v) is 7.33. The molecule has 18 heavy (non-hydrogen) atoms. The molecule has 0 heterocycles. The maximum absolute atomic E-state index is 9.22. The third-order valence-electron chi connectivity index (χ3n) is 5.05. The third-order valence-corrected chi connectivity index (χ3v) is 5.05. The summed E-state index contributed by atoms with van der Waals surface area (Å²) in [6, 6.07) is 0. The lowest BCUT2D eigenvalue weighted by atomic mass is 9.57. The maximum Gasteiger partial charge on any atom is 0.0433 e. The van der Waals surface area contributed by atoms with Gasteiger partial charge in [0.25, 0.3) is 0 Å². The Balaban J connectivity index is 5.16. The SMILES string of the molecule is CCC(C(C)CCO)(C(C)CCO)C(C)CCO. The molecule has 0 spiro atoms. The summed E-state index contributed by atoms with van der Waals surface area (Å²) in [5.41, 5.74) is 0.0915. The van der Waals surface area contributed by atoms with Crippen LogP contribution in [0.1, 0.15) is 53.4 Å². The van der Waals surface area contributed by atoms with Crippen LogP contribution in [0.4, 0.5) is 0 Å². The van der Waals surface area contributed by atoms with Crippen molar-refractivity contribution in [2.45, 2.75) is 53.4 Å². The smallest absolute Gasteiger partial charge is 0.0433 e. The lowest BCUT2D eigenvalue weighted by molar-refractivity contribution is -0.0127. The molecule has 0 bridgehead atoms. The van der Waals surface area contributed by atoms with Gasteiger partial charge in [0.1, 0.15) is 0 Å². The van der Waals surface area contributed by atoms with Gasteiger partial charge in [-0.1, -0.05) is 27.7 Å². The number of hydrogen-bond acceptors (Lipinski definition) is 3. The molecule has 0 amide bonds. The molecule has 0 aromatic rings. The van der Waals surface area contributed by atoms with Crippen LogP contribution in [0.15, 0.2) is 0 Å². The second-order valence-corrected chi connectivity index (χ2v) is 5.71. The van der Waals surface area contributed by atoms with Crippen molar-refractivity contribution < 1.29 is 15.3 Å². The zero-order chi connectivity index (χ0) is 14.2. The molecule has 3 atom stereocenters. The fourth-order valence-electron chi connectivity index (χ4n) is 3.89. The molecular formula is C15H32O3.